The number of hydrogen-bond donors (Lipinski definition) is 0. The first kappa shape index (κ1) is 15.7. The van der Waals surface area contributed by atoms with Crippen LogP contribution >= 0.6 is 0 Å². The normalized spacial score (nSPS) is 13.8. The molecular formula is C12H21FO2S. The standard InChI is InChI=1S/C12H21FO2S/c1-3-5-6-7-11-16(14)12(13)8-10-15-9-4-2/h4,8H,2-3,5-7,9-11H2,1H3. The van der Waals surface area contributed by atoms with E-state index in [9.17, 15) is 8.94 Å². The Morgan fingerprint density at radius 1 is 1.38 bits per heavy atom. The highest BCUT2D eigenvalue weighted by atomic mass is 32.2. The molecule has 4 heteroatoms. The quantitative estimate of drug-likeness (QED) is 0.337. The highest BCUT2D eigenvalue weighted by molar-refractivity contribution is 7.95. The molecule has 0 saturated carbocycles. The van der Waals surface area contributed by atoms with Crippen LogP contribution in [0.4, 0.5) is 4.39 Å². The molecule has 0 N–H and O–H groups in total. The van der Waals surface area contributed by atoms with E-state index in [4.69, 9.17) is 4.74 Å². The molecule has 0 fully saturated rings. The summed E-state index contributed by atoms with van der Waals surface area (Å²) in [6.45, 7) is 6.11. The number of hydrogen-bond acceptors (Lipinski definition) is 2. The van der Waals surface area contributed by atoms with E-state index in [1.54, 1.807) is 6.08 Å². The van der Waals surface area contributed by atoms with Gasteiger partial charge in [0.1, 0.15) is 5.75 Å². The first-order valence-electron chi connectivity index (χ1n) is 5.65. The van der Waals surface area contributed by atoms with Gasteiger partial charge in [0.25, 0.3) is 5.16 Å². The first-order chi connectivity index (χ1) is 7.72. The highest BCUT2D eigenvalue weighted by Crippen LogP contribution is 2.12. The summed E-state index contributed by atoms with van der Waals surface area (Å²) in [7, 11) is 0. The van der Waals surface area contributed by atoms with E-state index in [1.807, 2.05) is 0 Å². The summed E-state index contributed by atoms with van der Waals surface area (Å²) < 4.78 is 29.5. The lowest BCUT2D eigenvalue weighted by Gasteiger charge is -2.07. The van der Waals surface area contributed by atoms with Crippen LogP contribution in [0.3, 0.4) is 0 Å². The van der Waals surface area contributed by atoms with Crippen molar-refractivity contribution in [2.24, 2.45) is 0 Å². The summed E-state index contributed by atoms with van der Waals surface area (Å²) in [5.41, 5.74) is 0. The molecule has 2 nitrogen and oxygen atoms in total. The van der Waals surface area contributed by atoms with Gasteiger partial charge < -0.3 is 9.29 Å². The van der Waals surface area contributed by atoms with E-state index in [0.717, 1.165) is 25.7 Å². The van der Waals surface area contributed by atoms with Crippen molar-refractivity contribution in [1.82, 2.24) is 0 Å². The predicted octanol–water partition coefficient (Wildman–Crippen LogP) is 3.33. The Morgan fingerprint density at radius 2 is 2.12 bits per heavy atom. The topological polar surface area (TPSA) is 32.3 Å². The van der Waals surface area contributed by atoms with Crippen molar-refractivity contribution >= 4 is 11.2 Å². The Hall–Kier alpha value is -0.320. The average molecular weight is 248 g/mol. The van der Waals surface area contributed by atoms with Gasteiger partial charge >= 0.3 is 0 Å². The molecule has 0 aromatic rings. The van der Waals surface area contributed by atoms with Crippen LogP contribution in [0.5, 0.6) is 0 Å². The molecule has 0 rings (SSSR count). The molecular weight excluding hydrogens is 227 g/mol. The molecule has 0 radical (unpaired) electrons. The van der Waals surface area contributed by atoms with Gasteiger partial charge in [0.15, 0.2) is 0 Å². The number of rotatable bonds is 10. The van der Waals surface area contributed by atoms with Crippen molar-refractivity contribution in [3.8, 4) is 0 Å². The summed E-state index contributed by atoms with van der Waals surface area (Å²) in [6.07, 6.45) is 6.90. The summed E-state index contributed by atoms with van der Waals surface area (Å²) in [5.74, 6) is 0.407. The number of ether oxygens (including phenoxy) is 1. The van der Waals surface area contributed by atoms with Gasteiger partial charge in [0.05, 0.1) is 13.2 Å². The molecule has 0 spiro atoms. The molecule has 0 bridgehead atoms. The van der Waals surface area contributed by atoms with E-state index < -0.39 is 16.3 Å². The molecule has 0 heterocycles. The molecule has 16 heavy (non-hydrogen) atoms. The Morgan fingerprint density at radius 3 is 2.75 bits per heavy atom. The lowest BCUT2D eigenvalue weighted by molar-refractivity contribution is 0.193. The van der Waals surface area contributed by atoms with Crippen LogP contribution in [-0.4, -0.2) is 23.5 Å². The van der Waals surface area contributed by atoms with Gasteiger partial charge in [-0.05, 0) is 12.8 Å². The molecule has 0 aliphatic carbocycles. The second-order valence-corrected chi connectivity index (χ2v) is 4.93. The zero-order chi connectivity index (χ0) is 12.2. The molecule has 0 saturated heterocycles. The molecule has 0 aliphatic rings. The van der Waals surface area contributed by atoms with Gasteiger partial charge in [-0.15, -0.1) is 6.58 Å². The predicted molar refractivity (Wildman–Crippen MR) is 67.4 cm³/mol. The fourth-order valence-corrected chi connectivity index (χ4v) is 2.04. The lowest BCUT2D eigenvalue weighted by Crippen LogP contribution is -2.07. The summed E-state index contributed by atoms with van der Waals surface area (Å²) >= 11 is -1.49. The molecule has 0 aliphatic heterocycles. The van der Waals surface area contributed by atoms with Gasteiger partial charge in [0, 0.05) is 17.3 Å². The van der Waals surface area contributed by atoms with Crippen LogP contribution in [0.15, 0.2) is 23.9 Å². The number of unbranched alkanes of at least 4 members (excludes halogenated alkanes) is 3. The second-order valence-electron chi connectivity index (χ2n) is 3.44. The minimum Gasteiger partial charge on any atom is -0.610 e. The largest absolute Gasteiger partial charge is 0.610 e. The molecule has 1 atom stereocenters. The SMILES string of the molecule is C=CCOCC=C(F)[S+]([O-])CCCCCC. The van der Waals surface area contributed by atoms with E-state index in [0.29, 0.717) is 12.4 Å². The molecule has 0 amide bonds. The summed E-state index contributed by atoms with van der Waals surface area (Å²) in [5, 5.41) is -0.569. The molecule has 1 unspecified atom stereocenters. The lowest BCUT2D eigenvalue weighted by atomic mass is 10.2. The Labute approximate surface area is 101 Å². The third-order valence-electron chi connectivity index (χ3n) is 2.00. The first-order valence-corrected chi connectivity index (χ1v) is 6.97. The van der Waals surface area contributed by atoms with E-state index >= 15 is 0 Å². The highest BCUT2D eigenvalue weighted by Gasteiger charge is 2.12. The molecule has 0 aromatic heterocycles. The van der Waals surface area contributed by atoms with E-state index in [1.165, 1.54) is 6.08 Å². The maximum atomic E-state index is 13.2. The number of halogens is 1. The van der Waals surface area contributed by atoms with Crippen LogP contribution in [-0.2, 0) is 15.9 Å². The van der Waals surface area contributed by atoms with Crippen molar-refractivity contribution < 1.29 is 13.7 Å². The van der Waals surface area contributed by atoms with Gasteiger partial charge in [-0.3, -0.25) is 0 Å². The Balaban J connectivity index is 3.62. The third kappa shape index (κ3) is 8.95. The zero-order valence-electron chi connectivity index (χ0n) is 9.91. The van der Waals surface area contributed by atoms with Crippen LogP contribution < -0.4 is 0 Å². The zero-order valence-corrected chi connectivity index (χ0v) is 10.7. The van der Waals surface area contributed by atoms with Crippen molar-refractivity contribution in [3.05, 3.63) is 23.9 Å². The molecule has 0 aromatic carbocycles. The Bertz CT molecular complexity index is 207. The van der Waals surface area contributed by atoms with Gasteiger partial charge in [-0.1, -0.05) is 25.8 Å². The van der Waals surface area contributed by atoms with Gasteiger partial charge in [-0.2, -0.15) is 4.39 Å². The minimum atomic E-state index is -1.49. The fourth-order valence-electron chi connectivity index (χ4n) is 1.13. The van der Waals surface area contributed by atoms with Crippen LogP contribution in [0.25, 0.3) is 0 Å². The third-order valence-corrected chi connectivity index (χ3v) is 3.26. The molecule has 94 valence electrons. The van der Waals surface area contributed by atoms with Crippen molar-refractivity contribution in [3.63, 3.8) is 0 Å². The van der Waals surface area contributed by atoms with Crippen LogP contribution in [0.1, 0.15) is 32.6 Å². The minimum absolute atomic E-state index is 0.151. The maximum Gasteiger partial charge on any atom is 0.298 e. The second kappa shape index (κ2) is 11.2. The summed E-state index contributed by atoms with van der Waals surface area (Å²) in [6, 6.07) is 0. The van der Waals surface area contributed by atoms with Crippen LogP contribution in [0, 0.1) is 0 Å². The van der Waals surface area contributed by atoms with Crippen LogP contribution in [0.2, 0.25) is 0 Å². The van der Waals surface area contributed by atoms with Crippen molar-refractivity contribution in [2.75, 3.05) is 19.0 Å². The fraction of sp³-hybridized carbons (Fsp3) is 0.667. The monoisotopic (exact) mass is 248 g/mol. The van der Waals surface area contributed by atoms with Crippen molar-refractivity contribution in [2.45, 2.75) is 32.6 Å². The smallest absolute Gasteiger partial charge is 0.298 e. The maximum absolute atomic E-state index is 13.2. The Kier molecular flexibility index (Phi) is 11.0. The van der Waals surface area contributed by atoms with Gasteiger partial charge in [-0.25, -0.2) is 0 Å². The van der Waals surface area contributed by atoms with E-state index in [-0.39, 0.29) is 6.61 Å². The summed E-state index contributed by atoms with van der Waals surface area (Å²) in [4.78, 5) is 0. The van der Waals surface area contributed by atoms with Crippen molar-refractivity contribution in [1.29, 1.82) is 0 Å². The average Bonchev–Trinajstić information content (AvgIpc) is 2.29. The van der Waals surface area contributed by atoms with Gasteiger partial charge in [0.2, 0.25) is 0 Å². The van der Waals surface area contributed by atoms with E-state index in [2.05, 4.69) is 13.5 Å².